The minimum Gasteiger partial charge on any atom is -0.0965 e. The predicted octanol–water partition coefficient (Wildman–Crippen LogP) is 12.2. The first-order chi connectivity index (χ1) is 17.9. The van der Waals surface area contributed by atoms with Crippen LogP contribution in [0.3, 0.4) is 0 Å². The van der Waals surface area contributed by atoms with E-state index in [2.05, 4.69) is 23.8 Å². The summed E-state index contributed by atoms with van der Waals surface area (Å²) in [5, 5.41) is 0. The zero-order valence-electron chi connectivity index (χ0n) is 24.9. The lowest BCUT2D eigenvalue weighted by molar-refractivity contribution is 0.409. The molecule has 0 atom stereocenters. The van der Waals surface area contributed by atoms with Crippen molar-refractivity contribution in [1.82, 2.24) is 0 Å². The average molecular weight is 502 g/mol. The SMILES string of the molecule is CCCCCCCCCCCCCCCC(CCCCCCCCCCCCCCC)[C+]1N=CC=N1. The van der Waals surface area contributed by atoms with Gasteiger partial charge in [-0.05, 0) is 12.8 Å². The summed E-state index contributed by atoms with van der Waals surface area (Å²) in [6.07, 6.45) is 44.7. The van der Waals surface area contributed by atoms with Crippen LogP contribution in [0.15, 0.2) is 9.98 Å². The number of unbranched alkanes of at least 4 members (excludes halogenated alkanes) is 24. The molecule has 210 valence electrons. The fourth-order valence-corrected chi connectivity index (χ4v) is 5.68. The molecule has 0 aromatic carbocycles. The van der Waals surface area contributed by atoms with Gasteiger partial charge in [-0.2, -0.15) is 0 Å². The number of hydrogen-bond acceptors (Lipinski definition) is 2. The van der Waals surface area contributed by atoms with Gasteiger partial charge in [0.2, 0.25) is 6.17 Å². The van der Waals surface area contributed by atoms with Crippen molar-refractivity contribution in [2.75, 3.05) is 0 Å². The van der Waals surface area contributed by atoms with Gasteiger partial charge < -0.3 is 0 Å². The maximum atomic E-state index is 4.57. The van der Waals surface area contributed by atoms with Crippen LogP contribution in [0, 0.1) is 12.1 Å². The molecule has 0 aromatic rings. The van der Waals surface area contributed by atoms with Crippen molar-refractivity contribution in [3.8, 4) is 0 Å². The summed E-state index contributed by atoms with van der Waals surface area (Å²) >= 11 is 0. The molecule has 0 amide bonds. The van der Waals surface area contributed by atoms with Crippen molar-refractivity contribution in [2.24, 2.45) is 15.9 Å². The summed E-state index contributed by atoms with van der Waals surface area (Å²) in [5.41, 5.74) is 0. The third-order valence-electron chi connectivity index (χ3n) is 8.16. The number of aliphatic imine (C=N–C) groups is 2. The summed E-state index contributed by atoms with van der Waals surface area (Å²) in [4.78, 5) is 9.13. The van der Waals surface area contributed by atoms with E-state index in [-0.39, 0.29) is 0 Å². The van der Waals surface area contributed by atoms with Crippen molar-refractivity contribution in [3.63, 3.8) is 0 Å². The molecule has 1 rings (SSSR count). The Bertz CT molecular complexity index is 442. The molecule has 2 heteroatoms. The Morgan fingerprint density at radius 3 is 0.917 bits per heavy atom. The molecule has 36 heavy (non-hydrogen) atoms. The van der Waals surface area contributed by atoms with Gasteiger partial charge in [0, 0.05) is 0 Å². The monoisotopic (exact) mass is 502 g/mol. The van der Waals surface area contributed by atoms with E-state index in [4.69, 9.17) is 0 Å². The Morgan fingerprint density at radius 2 is 0.639 bits per heavy atom. The van der Waals surface area contributed by atoms with Crippen molar-refractivity contribution in [2.45, 2.75) is 194 Å². The van der Waals surface area contributed by atoms with Crippen LogP contribution in [-0.4, -0.2) is 12.4 Å². The summed E-state index contributed by atoms with van der Waals surface area (Å²) in [6.45, 7) is 4.60. The highest BCUT2D eigenvalue weighted by atomic mass is 15.0. The molecular formula is C34H65N2+. The molecular weight excluding hydrogens is 436 g/mol. The highest BCUT2D eigenvalue weighted by Crippen LogP contribution is 2.30. The lowest BCUT2D eigenvalue weighted by Gasteiger charge is -2.14. The third kappa shape index (κ3) is 21.3. The second-order valence-corrected chi connectivity index (χ2v) is 11.7. The lowest BCUT2D eigenvalue weighted by atomic mass is 9.92. The van der Waals surface area contributed by atoms with E-state index < -0.39 is 0 Å². The first-order valence-electron chi connectivity index (χ1n) is 16.8. The first-order valence-corrected chi connectivity index (χ1v) is 16.8. The molecule has 0 fully saturated rings. The Kier molecular flexibility index (Phi) is 25.2. The molecule has 1 aliphatic rings. The largest absolute Gasteiger partial charge is 0.243 e. The van der Waals surface area contributed by atoms with Crippen LogP contribution in [0.1, 0.15) is 194 Å². The molecule has 0 radical (unpaired) electrons. The van der Waals surface area contributed by atoms with Crippen molar-refractivity contribution >= 4 is 12.4 Å². The Balaban J connectivity index is 1.94. The molecule has 0 aliphatic carbocycles. The molecule has 0 aromatic heterocycles. The molecule has 0 N–H and O–H groups in total. The van der Waals surface area contributed by atoms with Crippen LogP contribution in [0.25, 0.3) is 0 Å². The van der Waals surface area contributed by atoms with E-state index in [0.29, 0.717) is 5.92 Å². The van der Waals surface area contributed by atoms with Crippen molar-refractivity contribution in [1.29, 1.82) is 0 Å². The average Bonchev–Trinajstić information content (AvgIpc) is 3.43. The number of rotatable bonds is 29. The summed E-state index contributed by atoms with van der Waals surface area (Å²) in [6, 6.07) is 0. The standard InChI is InChI=1S/C34H65N2/c1-3-5-7-9-11-13-15-17-19-21-23-25-27-29-33(34-35-31-32-36-34)30-28-26-24-22-20-18-16-14-12-10-8-6-4-2/h31-33H,3-30H2,1-2H3/q+1. The highest BCUT2D eigenvalue weighted by Gasteiger charge is 2.27. The number of nitrogens with zero attached hydrogens (tertiary/aromatic N) is 2. The Hall–Kier alpha value is -0.790. The second-order valence-electron chi connectivity index (χ2n) is 11.7. The van der Waals surface area contributed by atoms with Gasteiger partial charge in [0.1, 0.15) is 0 Å². The smallest absolute Gasteiger partial charge is 0.0965 e. The molecule has 0 unspecified atom stereocenters. The van der Waals surface area contributed by atoms with Gasteiger partial charge >= 0.3 is 0 Å². The maximum Gasteiger partial charge on any atom is 0.243 e. The van der Waals surface area contributed by atoms with Crippen LogP contribution >= 0.6 is 0 Å². The van der Waals surface area contributed by atoms with Crippen LogP contribution < -0.4 is 0 Å². The summed E-state index contributed by atoms with van der Waals surface area (Å²) in [5.74, 6) is 0.598. The van der Waals surface area contributed by atoms with Crippen LogP contribution in [0.4, 0.5) is 0 Å². The van der Waals surface area contributed by atoms with E-state index in [0.717, 1.165) is 6.17 Å². The Labute approximate surface area is 228 Å². The molecule has 0 saturated carbocycles. The minimum atomic E-state index is 0.598. The molecule has 0 saturated heterocycles. The third-order valence-corrected chi connectivity index (χ3v) is 8.16. The van der Waals surface area contributed by atoms with Crippen LogP contribution in [-0.2, 0) is 0 Å². The number of hydrogen-bond donors (Lipinski definition) is 0. The van der Waals surface area contributed by atoms with E-state index in [9.17, 15) is 0 Å². The van der Waals surface area contributed by atoms with E-state index in [1.54, 1.807) is 0 Å². The quantitative estimate of drug-likeness (QED) is 0.0719. The lowest BCUT2D eigenvalue weighted by Crippen LogP contribution is -2.08. The molecule has 0 bridgehead atoms. The molecule has 0 spiro atoms. The van der Waals surface area contributed by atoms with Gasteiger partial charge in [0.15, 0.2) is 12.4 Å². The van der Waals surface area contributed by atoms with Gasteiger partial charge in [-0.25, -0.2) is 0 Å². The van der Waals surface area contributed by atoms with Crippen LogP contribution in [0.5, 0.6) is 0 Å². The molecule has 1 heterocycles. The van der Waals surface area contributed by atoms with Gasteiger partial charge in [-0.15, -0.1) is 0 Å². The van der Waals surface area contributed by atoms with E-state index >= 15 is 0 Å². The van der Waals surface area contributed by atoms with Crippen molar-refractivity contribution in [3.05, 3.63) is 6.17 Å². The summed E-state index contributed by atoms with van der Waals surface area (Å²) < 4.78 is 0. The first kappa shape index (κ1) is 33.2. The minimum absolute atomic E-state index is 0.598. The van der Waals surface area contributed by atoms with E-state index in [1.807, 2.05) is 12.4 Å². The predicted molar refractivity (Wildman–Crippen MR) is 164 cm³/mol. The van der Waals surface area contributed by atoms with Gasteiger partial charge in [0.25, 0.3) is 0 Å². The van der Waals surface area contributed by atoms with Crippen LogP contribution in [0.2, 0.25) is 0 Å². The van der Waals surface area contributed by atoms with Gasteiger partial charge in [-0.1, -0.05) is 191 Å². The van der Waals surface area contributed by atoms with Gasteiger partial charge in [-0.3, -0.25) is 0 Å². The van der Waals surface area contributed by atoms with E-state index in [1.165, 1.54) is 180 Å². The second kappa shape index (κ2) is 27.3. The fraction of sp³-hybridized carbons (Fsp3) is 0.912. The highest BCUT2D eigenvalue weighted by molar-refractivity contribution is 6.18. The topological polar surface area (TPSA) is 24.7 Å². The fourth-order valence-electron chi connectivity index (χ4n) is 5.68. The zero-order valence-corrected chi connectivity index (χ0v) is 24.9. The van der Waals surface area contributed by atoms with Gasteiger partial charge in [0.05, 0.1) is 5.92 Å². The van der Waals surface area contributed by atoms with Crippen molar-refractivity contribution < 1.29 is 0 Å². The normalized spacial score (nSPS) is 13.0. The molecule has 2 nitrogen and oxygen atoms in total. The zero-order chi connectivity index (χ0) is 25.8. The summed E-state index contributed by atoms with van der Waals surface area (Å²) in [7, 11) is 0. The maximum absolute atomic E-state index is 4.57. The molecule has 1 aliphatic heterocycles. The Morgan fingerprint density at radius 1 is 0.389 bits per heavy atom.